The van der Waals surface area contributed by atoms with Crippen molar-refractivity contribution in [1.82, 2.24) is 10.1 Å². The zero-order chi connectivity index (χ0) is 36.9. The van der Waals surface area contributed by atoms with E-state index in [2.05, 4.69) is 0 Å². The van der Waals surface area contributed by atoms with Crippen LogP contribution in [0.1, 0.15) is 74.5 Å². The third kappa shape index (κ3) is 4.74. The maximum absolute atomic E-state index is 13.0. The van der Waals surface area contributed by atoms with Gasteiger partial charge in [-0.25, -0.2) is 0 Å². The first kappa shape index (κ1) is 34.0. The molecular weight excluding hydrogens is 709 g/mol. The molecule has 0 spiro atoms. The molecule has 3 heterocycles. The number of nitrogens with zero attached hydrogens (tertiary/aromatic N) is 2. The minimum absolute atomic E-state index is 0.0812. The van der Waals surface area contributed by atoms with Gasteiger partial charge in [-0.3, -0.25) is 33.6 Å². The zero-order valence-corrected chi connectivity index (χ0v) is 29.8. The van der Waals surface area contributed by atoms with Crippen molar-refractivity contribution in [2.24, 2.45) is 16.7 Å². The Morgan fingerprint density at radius 1 is 0.769 bits per heavy atom. The van der Waals surface area contributed by atoms with Gasteiger partial charge in [0.1, 0.15) is 5.78 Å². The van der Waals surface area contributed by atoms with Crippen LogP contribution in [0.3, 0.4) is 0 Å². The molecule has 2 unspecified atom stereocenters. The molecule has 2 saturated carbocycles. The summed E-state index contributed by atoms with van der Waals surface area (Å²) in [4.78, 5) is 80.5. The van der Waals surface area contributed by atoms with E-state index in [4.69, 9.17) is 9.12 Å². The van der Waals surface area contributed by atoms with Crippen molar-refractivity contribution in [3.05, 3.63) is 105 Å². The highest BCUT2D eigenvalue weighted by Gasteiger charge is 2.65. The number of fused-ring (bicyclic) bond motifs is 6. The number of hydroxylamine groups is 4. The lowest BCUT2D eigenvalue weighted by Crippen LogP contribution is -2.46. The smallest absolute Gasteiger partial charge is 0.289 e. The highest BCUT2D eigenvalue weighted by Crippen LogP contribution is 2.64. The SMILES string of the molecule is CC1(C)C2CCC1(CS(=O)(=O)ON1C(=O)c3cccc4cccc(c34)C1=O)C(=O)C2.CON1C(=O)c2ccc3c(=O)c4ccccc4sc3c2C1=O. The Hall–Kier alpha value is -5.15. The number of hydrogen-bond donors (Lipinski definition) is 0. The Labute approximate surface area is 300 Å². The van der Waals surface area contributed by atoms with Crippen LogP contribution < -0.4 is 5.43 Å². The Kier molecular flexibility index (Phi) is 7.63. The van der Waals surface area contributed by atoms with Crippen LogP contribution in [-0.4, -0.2) is 60.8 Å². The minimum Gasteiger partial charge on any atom is -0.299 e. The largest absolute Gasteiger partial charge is 0.299 e. The molecular formula is C38H30N2O10S2. The molecule has 5 aromatic rings. The fourth-order valence-corrected chi connectivity index (χ4v) is 11.3. The third-order valence-corrected chi connectivity index (χ3v) is 13.7. The van der Waals surface area contributed by atoms with Crippen LogP contribution in [-0.2, 0) is 24.0 Å². The summed E-state index contributed by atoms with van der Waals surface area (Å²) in [7, 11) is -3.12. The Morgan fingerprint density at radius 2 is 1.42 bits per heavy atom. The van der Waals surface area contributed by atoms with E-state index in [9.17, 15) is 37.2 Å². The van der Waals surface area contributed by atoms with Crippen LogP contribution in [0.25, 0.3) is 30.9 Å². The van der Waals surface area contributed by atoms with E-state index < -0.39 is 50.3 Å². The molecule has 1 aromatic heterocycles. The zero-order valence-electron chi connectivity index (χ0n) is 28.1. The van der Waals surface area contributed by atoms with Crippen molar-refractivity contribution in [2.75, 3.05) is 12.9 Å². The summed E-state index contributed by atoms with van der Waals surface area (Å²) in [5.74, 6) is -3.16. The minimum atomic E-state index is -4.39. The topological polar surface area (TPSA) is 161 Å². The second-order valence-corrected chi connectivity index (χ2v) is 16.5. The van der Waals surface area contributed by atoms with E-state index in [0.29, 0.717) is 44.1 Å². The first-order chi connectivity index (χ1) is 24.7. The van der Waals surface area contributed by atoms with Gasteiger partial charge in [-0.15, -0.1) is 25.7 Å². The lowest BCUT2D eigenvalue weighted by atomic mass is 9.70. The van der Waals surface area contributed by atoms with Gasteiger partial charge in [-0.2, -0.15) is 8.42 Å². The summed E-state index contributed by atoms with van der Waals surface area (Å²) >= 11 is 1.33. The monoisotopic (exact) mass is 738 g/mol. The molecule has 52 heavy (non-hydrogen) atoms. The molecule has 4 aliphatic rings. The molecule has 2 fully saturated rings. The van der Waals surface area contributed by atoms with Crippen LogP contribution in [0.4, 0.5) is 0 Å². The summed E-state index contributed by atoms with van der Waals surface area (Å²) in [5.41, 5.74) is -0.737. The van der Waals surface area contributed by atoms with Gasteiger partial charge in [-0.05, 0) is 66.0 Å². The lowest BCUT2D eigenvalue weighted by molar-refractivity contribution is -0.128. The van der Waals surface area contributed by atoms with Crippen molar-refractivity contribution in [1.29, 1.82) is 0 Å². The average molecular weight is 739 g/mol. The summed E-state index contributed by atoms with van der Waals surface area (Å²) in [5, 5.41) is 3.29. The first-order valence-corrected chi connectivity index (χ1v) is 18.9. The average Bonchev–Trinajstić information content (AvgIpc) is 3.59. The molecule has 12 nitrogen and oxygen atoms in total. The van der Waals surface area contributed by atoms with E-state index in [-0.39, 0.29) is 39.4 Å². The van der Waals surface area contributed by atoms with Crippen LogP contribution >= 0.6 is 11.3 Å². The number of benzene rings is 4. The van der Waals surface area contributed by atoms with Gasteiger partial charge in [0.15, 0.2) is 5.43 Å². The van der Waals surface area contributed by atoms with E-state index >= 15 is 0 Å². The molecule has 14 heteroatoms. The number of carbonyl (C=O) groups excluding carboxylic acids is 5. The number of rotatable bonds is 5. The third-order valence-electron chi connectivity index (χ3n) is 11.2. The molecule has 9 rings (SSSR count). The van der Waals surface area contributed by atoms with E-state index in [0.717, 1.165) is 16.2 Å². The van der Waals surface area contributed by atoms with Crippen molar-refractivity contribution >= 4 is 81.8 Å². The van der Waals surface area contributed by atoms with Gasteiger partial charge < -0.3 is 0 Å². The van der Waals surface area contributed by atoms with E-state index in [1.54, 1.807) is 42.5 Å². The molecule has 2 aliphatic heterocycles. The second kappa shape index (κ2) is 11.7. The van der Waals surface area contributed by atoms with Gasteiger partial charge in [0.2, 0.25) is 0 Å². The molecule has 4 aromatic carbocycles. The van der Waals surface area contributed by atoms with Gasteiger partial charge in [0, 0.05) is 27.3 Å². The van der Waals surface area contributed by atoms with Crippen LogP contribution in [0.5, 0.6) is 0 Å². The van der Waals surface area contributed by atoms with E-state index in [1.807, 2.05) is 26.0 Å². The summed E-state index contributed by atoms with van der Waals surface area (Å²) < 4.78 is 32.4. The van der Waals surface area contributed by atoms with Crippen molar-refractivity contribution in [3.8, 4) is 0 Å². The van der Waals surface area contributed by atoms with Crippen LogP contribution in [0, 0.1) is 16.7 Å². The standard InChI is InChI=1S/C22H21NO6S.C16H9NO4S/c1-21(2)14-9-10-22(21,17(24)11-14)12-30(27,28)29-23-19(25)15-7-3-5-13-6-4-8-16(18(13)15)20(23)26;1-21-17-15(19)9-6-7-10-13(18)8-4-2-3-5-11(8)22-14(10)12(9)16(17)20/h3-8,14H,9-12H2,1-2H3;2-7H,1H3. The number of imide groups is 2. The maximum atomic E-state index is 13.0. The molecule has 0 saturated heterocycles. The predicted octanol–water partition coefficient (Wildman–Crippen LogP) is 5.66. The van der Waals surface area contributed by atoms with Gasteiger partial charge in [0.05, 0.1) is 45.2 Å². The molecule has 0 N–H and O–H groups in total. The summed E-state index contributed by atoms with van der Waals surface area (Å²) in [6.07, 6.45) is 1.61. The number of hydrogen-bond acceptors (Lipinski definition) is 11. The quantitative estimate of drug-likeness (QED) is 0.162. The predicted molar refractivity (Wildman–Crippen MR) is 191 cm³/mol. The molecule has 264 valence electrons. The molecule has 4 amide bonds. The number of ketones is 1. The second-order valence-electron chi connectivity index (χ2n) is 13.9. The van der Waals surface area contributed by atoms with Crippen LogP contribution in [0.2, 0.25) is 0 Å². The van der Waals surface area contributed by atoms with Crippen LogP contribution in [0.15, 0.2) is 77.6 Å². The van der Waals surface area contributed by atoms with Gasteiger partial charge >= 0.3 is 0 Å². The van der Waals surface area contributed by atoms with Crippen molar-refractivity contribution < 1.29 is 41.5 Å². The lowest BCUT2D eigenvalue weighted by Gasteiger charge is -2.36. The summed E-state index contributed by atoms with van der Waals surface area (Å²) in [6, 6.07) is 20.3. The summed E-state index contributed by atoms with van der Waals surface area (Å²) in [6.45, 7) is 3.83. The highest BCUT2D eigenvalue weighted by molar-refractivity contribution is 7.86. The highest BCUT2D eigenvalue weighted by atomic mass is 32.2. The number of Topliss-reactive ketones (excluding diaryl/α,β-unsaturated/α-hetero) is 1. The van der Waals surface area contributed by atoms with Crippen molar-refractivity contribution in [3.63, 3.8) is 0 Å². The Morgan fingerprint density at radius 3 is 2.04 bits per heavy atom. The molecule has 2 bridgehead atoms. The van der Waals surface area contributed by atoms with E-state index in [1.165, 1.54) is 36.6 Å². The number of carbonyl (C=O) groups is 5. The fourth-order valence-electron chi connectivity index (χ4n) is 8.35. The van der Waals surface area contributed by atoms with Gasteiger partial charge in [-0.1, -0.05) is 50.2 Å². The molecule has 0 radical (unpaired) electrons. The first-order valence-electron chi connectivity index (χ1n) is 16.5. The maximum Gasteiger partial charge on any atom is 0.289 e. The Balaban J connectivity index is 0.000000156. The van der Waals surface area contributed by atoms with Crippen molar-refractivity contribution in [2.45, 2.75) is 33.1 Å². The molecule has 2 aliphatic carbocycles. The normalized spacial score (nSPS) is 21.8. The molecule has 2 atom stereocenters. The fraction of sp³-hybridized carbons (Fsp3) is 0.263. The Bertz CT molecular complexity index is 2600. The number of amides is 4. The van der Waals surface area contributed by atoms with Gasteiger partial charge in [0.25, 0.3) is 33.7 Å².